The zero-order valence-electron chi connectivity index (χ0n) is 13.9. The average molecular weight is 422 g/mol. The fourth-order valence-corrected chi connectivity index (χ4v) is 3.86. The molecule has 0 spiro atoms. The molecule has 2 rings (SSSR count). The molecule has 5 nitrogen and oxygen atoms in total. The molecule has 1 atom stereocenters. The monoisotopic (exact) mass is 421 g/mol. The van der Waals surface area contributed by atoms with Crippen molar-refractivity contribution in [3.05, 3.63) is 53.1 Å². The summed E-state index contributed by atoms with van der Waals surface area (Å²) >= 11 is 5.69. The highest BCUT2D eigenvalue weighted by Crippen LogP contribution is 2.31. The number of rotatable bonds is 5. The number of benzene rings is 2. The number of aromatic hydroxyl groups is 1. The molecule has 0 aliphatic heterocycles. The van der Waals surface area contributed by atoms with Crippen molar-refractivity contribution in [3.8, 4) is 5.75 Å². The van der Waals surface area contributed by atoms with Crippen LogP contribution in [0, 0.1) is 0 Å². The van der Waals surface area contributed by atoms with E-state index in [0.29, 0.717) is 5.56 Å². The second-order valence-corrected chi connectivity index (χ2v) is 8.19. The van der Waals surface area contributed by atoms with Gasteiger partial charge < -0.3 is 10.4 Å². The lowest BCUT2D eigenvalue weighted by atomic mass is 10.1. The van der Waals surface area contributed by atoms with Gasteiger partial charge in [-0.2, -0.15) is 13.2 Å². The fourth-order valence-electron chi connectivity index (χ4n) is 2.36. The highest BCUT2D eigenvalue weighted by molar-refractivity contribution is 7.91. The molecule has 0 heterocycles. The van der Waals surface area contributed by atoms with Crippen molar-refractivity contribution in [1.29, 1.82) is 0 Å². The number of sulfone groups is 1. The lowest BCUT2D eigenvalue weighted by Gasteiger charge is -2.15. The molecule has 0 fully saturated rings. The molecule has 27 heavy (non-hydrogen) atoms. The van der Waals surface area contributed by atoms with Crippen LogP contribution in [-0.2, 0) is 21.1 Å². The lowest BCUT2D eigenvalue weighted by molar-refractivity contribution is -0.174. The maximum absolute atomic E-state index is 12.6. The summed E-state index contributed by atoms with van der Waals surface area (Å²) < 4.78 is 61.9. The van der Waals surface area contributed by atoms with Crippen molar-refractivity contribution < 1.29 is 31.5 Å². The Balaban J connectivity index is 2.16. The van der Waals surface area contributed by atoms with Gasteiger partial charge in [-0.3, -0.25) is 4.79 Å². The van der Waals surface area contributed by atoms with Gasteiger partial charge in [0.2, 0.25) is 9.84 Å². The van der Waals surface area contributed by atoms with Crippen LogP contribution in [0.1, 0.15) is 12.5 Å². The zero-order chi connectivity index (χ0) is 20.4. The van der Waals surface area contributed by atoms with Crippen LogP contribution in [0.4, 0.5) is 13.2 Å². The summed E-state index contributed by atoms with van der Waals surface area (Å²) in [5.41, 5.74) is 0.532. The molecule has 0 aliphatic rings. The van der Waals surface area contributed by atoms with Gasteiger partial charge in [-0.25, -0.2) is 8.42 Å². The number of nitrogens with one attached hydrogen (secondary N) is 1. The zero-order valence-corrected chi connectivity index (χ0v) is 15.5. The first-order chi connectivity index (χ1) is 12.4. The molecular weight excluding hydrogens is 407 g/mol. The number of hydrogen-bond acceptors (Lipinski definition) is 4. The molecule has 0 aliphatic carbocycles. The van der Waals surface area contributed by atoms with E-state index in [-0.39, 0.29) is 21.2 Å². The fraction of sp³-hybridized carbons (Fsp3) is 0.235. The molecule has 2 N–H and O–H groups in total. The Hall–Kier alpha value is -2.26. The molecule has 0 unspecified atom stereocenters. The average Bonchev–Trinajstić information content (AvgIpc) is 2.53. The molecule has 0 saturated heterocycles. The van der Waals surface area contributed by atoms with Crippen LogP contribution in [0.5, 0.6) is 5.75 Å². The summed E-state index contributed by atoms with van der Waals surface area (Å²) in [4.78, 5) is 10.5. The van der Waals surface area contributed by atoms with Crippen molar-refractivity contribution >= 4 is 27.3 Å². The molecule has 10 heteroatoms. The van der Waals surface area contributed by atoms with Crippen LogP contribution in [0.2, 0.25) is 5.02 Å². The van der Waals surface area contributed by atoms with Gasteiger partial charge in [0, 0.05) is 11.1 Å². The van der Waals surface area contributed by atoms with Crippen LogP contribution < -0.4 is 5.32 Å². The maximum Gasteiger partial charge on any atom is 0.471 e. The molecule has 1 amide bonds. The minimum atomic E-state index is -4.97. The predicted molar refractivity (Wildman–Crippen MR) is 92.4 cm³/mol. The Morgan fingerprint density at radius 3 is 2.30 bits per heavy atom. The third kappa shape index (κ3) is 5.14. The molecule has 0 saturated carbocycles. The standard InChI is InChI=1S/C17H15ClF3NO4S/c1-10(22-16(24)17(19,20)21)8-11-2-5-13(6-3-11)27(25,26)15-7-4-12(18)9-14(15)23/h2-7,9-10,23H,8H2,1H3,(H,22,24)/t10-/m1/s1. The van der Waals surface area contributed by atoms with Gasteiger partial charge in [0.1, 0.15) is 10.6 Å². The largest absolute Gasteiger partial charge is 0.507 e. The Kier molecular flexibility index (Phi) is 6.06. The highest BCUT2D eigenvalue weighted by Gasteiger charge is 2.39. The van der Waals surface area contributed by atoms with E-state index in [2.05, 4.69) is 0 Å². The first-order valence-electron chi connectivity index (χ1n) is 7.61. The summed E-state index contributed by atoms with van der Waals surface area (Å²) in [7, 11) is -4.00. The summed E-state index contributed by atoms with van der Waals surface area (Å²) in [6.07, 6.45) is -4.89. The van der Waals surface area contributed by atoms with Crippen molar-refractivity contribution in [1.82, 2.24) is 5.32 Å². The molecule has 0 aromatic heterocycles. The van der Waals surface area contributed by atoms with E-state index >= 15 is 0 Å². The molecule has 2 aromatic rings. The smallest absolute Gasteiger partial charge is 0.471 e. The lowest BCUT2D eigenvalue weighted by Crippen LogP contribution is -2.42. The summed E-state index contributed by atoms with van der Waals surface area (Å²) in [6, 6.07) is 8.21. The summed E-state index contributed by atoms with van der Waals surface area (Å²) in [5, 5.41) is 11.8. The van der Waals surface area contributed by atoms with Crippen molar-refractivity contribution in [2.24, 2.45) is 0 Å². The topological polar surface area (TPSA) is 83.5 Å². The van der Waals surface area contributed by atoms with Gasteiger partial charge >= 0.3 is 12.1 Å². The number of phenols is 1. The van der Waals surface area contributed by atoms with Gasteiger partial charge in [0.05, 0.1) is 4.90 Å². The van der Waals surface area contributed by atoms with Gasteiger partial charge in [0.15, 0.2) is 0 Å². The van der Waals surface area contributed by atoms with E-state index < -0.39 is 33.7 Å². The van der Waals surface area contributed by atoms with E-state index in [9.17, 15) is 31.5 Å². The van der Waals surface area contributed by atoms with Gasteiger partial charge in [0.25, 0.3) is 0 Å². The Bertz CT molecular complexity index is 944. The van der Waals surface area contributed by atoms with E-state index in [0.717, 1.165) is 6.07 Å². The molecule has 0 radical (unpaired) electrons. The number of alkyl halides is 3. The number of carbonyl (C=O) groups excluding carboxylic acids is 1. The van der Waals surface area contributed by atoms with Crippen molar-refractivity contribution in [2.75, 3.05) is 0 Å². The van der Waals surface area contributed by atoms with Gasteiger partial charge in [-0.1, -0.05) is 23.7 Å². The first-order valence-corrected chi connectivity index (χ1v) is 9.47. The second-order valence-electron chi connectivity index (χ2n) is 5.84. The highest BCUT2D eigenvalue weighted by atomic mass is 35.5. The van der Waals surface area contributed by atoms with Crippen LogP contribution in [0.3, 0.4) is 0 Å². The molecular formula is C17H15ClF3NO4S. The minimum absolute atomic E-state index is 0.0777. The number of amides is 1. The quantitative estimate of drug-likeness (QED) is 0.774. The van der Waals surface area contributed by atoms with Crippen LogP contribution in [-0.4, -0.2) is 31.6 Å². The van der Waals surface area contributed by atoms with E-state index in [4.69, 9.17) is 11.6 Å². The predicted octanol–water partition coefficient (Wildman–Crippen LogP) is 3.49. The molecule has 2 aromatic carbocycles. The van der Waals surface area contributed by atoms with E-state index in [1.807, 2.05) is 5.32 Å². The number of halogens is 4. The summed E-state index contributed by atoms with van der Waals surface area (Å²) in [6.45, 7) is 1.40. The van der Waals surface area contributed by atoms with Crippen LogP contribution in [0.15, 0.2) is 52.3 Å². The Labute approximate surface area is 158 Å². The SMILES string of the molecule is C[C@H](Cc1ccc(S(=O)(=O)c2ccc(Cl)cc2O)cc1)NC(=O)C(F)(F)F. The molecule has 146 valence electrons. The van der Waals surface area contributed by atoms with Crippen molar-refractivity contribution in [2.45, 2.75) is 35.4 Å². The third-order valence-corrected chi connectivity index (χ3v) is 5.67. The van der Waals surface area contributed by atoms with Gasteiger partial charge in [-0.05, 0) is 49.2 Å². The van der Waals surface area contributed by atoms with Gasteiger partial charge in [-0.15, -0.1) is 0 Å². The van der Waals surface area contributed by atoms with E-state index in [1.54, 1.807) is 0 Å². The number of carbonyl (C=O) groups is 1. The third-order valence-electron chi connectivity index (χ3n) is 3.62. The maximum atomic E-state index is 12.6. The minimum Gasteiger partial charge on any atom is -0.507 e. The normalized spacial score (nSPS) is 13.2. The van der Waals surface area contributed by atoms with Crippen LogP contribution in [0.25, 0.3) is 0 Å². The van der Waals surface area contributed by atoms with Crippen molar-refractivity contribution in [3.63, 3.8) is 0 Å². The summed E-state index contributed by atoms with van der Waals surface area (Å²) in [5.74, 6) is -2.53. The Morgan fingerprint density at radius 2 is 1.78 bits per heavy atom. The second kappa shape index (κ2) is 7.77. The number of phenolic OH excluding ortho intramolecular Hbond substituents is 1. The first kappa shape index (κ1) is 21.0. The number of hydrogen-bond donors (Lipinski definition) is 2. The van der Waals surface area contributed by atoms with Crippen LogP contribution >= 0.6 is 11.6 Å². The molecule has 0 bridgehead atoms. The Morgan fingerprint density at radius 1 is 1.19 bits per heavy atom. The van der Waals surface area contributed by atoms with E-state index in [1.165, 1.54) is 43.3 Å².